The second-order valence-electron chi connectivity index (χ2n) is 7.89. The quantitative estimate of drug-likeness (QED) is 0.551. The van der Waals surface area contributed by atoms with Crippen LogP contribution in [0.3, 0.4) is 0 Å². The molecule has 3 rings (SSSR count). The molecule has 0 aliphatic heterocycles. The maximum Gasteiger partial charge on any atom is 0.0874 e. The van der Waals surface area contributed by atoms with Crippen LogP contribution in [0.15, 0.2) is 30.3 Å². The van der Waals surface area contributed by atoms with Crippen molar-refractivity contribution in [2.45, 2.75) is 58.0 Å². The molecule has 1 radical (unpaired) electrons. The van der Waals surface area contributed by atoms with E-state index in [2.05, 4.69) is 52.0 Å². The Bertz CT molecular complexity index is 722. The normalized spacial score (nSPS) is 17.7. The summed E-state index contributed by atoms with van der Waals surface area (Å²) in [5, 5.41) is 0. The molecule has 0 fully saturated rings. The van der Waals surface area contributed by atoms with Crippen LogP contribution in [-0.2, 0) is 42.3 Å². The topological polar surface area (TPSA) is 22.1 Å². The van der Waals surface area contributed by atoms with Crippen LogP contribution in [0.5, 0.6) is 0 Å². The summed E-state index contributed by atoms with van der Waals surface area (Å²) in [7, 11) is 1.70. The largest absolute Gasteiger partial charge is 0.378 e. The number of nitrogens with zero attached hydrogens (tertiary/aromatic N) is 1. The van der Waals surface area contributed by atoms with Crippen molar-refractivity contribution < 1.29 is 24.8 Å². The van der Waals surface area contributed by atoms with E-state index >= 15 is 0 Å². The average Bonchev–Trinajstić information content (AvgIpc) is 2.52. The molecule has 1 aromatic carbocycles. The van der Waals surface area contributed by atoms with Gasteiger partial charge in [-0.1, -0.05) is 46.2 Å². The molecule has 1 heterocycles. The molecule has 3 heteroatoms. The van der Waals surface area contributed by atoms with Gasteiger partial charge in [-0.2, -0.15) is 0 Å². The Morgan fingerprint density at radius 1 is 1.08 bits per heavy atom. The van der Waals surface area contributed by atoms with E-state index < -0.39 is 0 Å². The molecular weight excluding hydrogens is 474 g/mol. The summed E-state index contributed by atoms with van der Waals surface area (Å²) in [6.07, 6.45) is 2.44. The second-order valence-corrected chi connectivity index (χ2v) is 7.89. The van der Waals surface area contributed by atoms with Crippen LogP contribution in [0.1, 0.15) is 57.4 Å². The number of pyridine rings is 1. The first-order chi connectivity index (χ1) is 10.8. The van der Waals surface area contributed by atoms with Crippen LogP contribution in [0.25, 0.3) is 11.3 Å². The van der Waals surface area contributed by atoms with E-state index in [1.54, 1.807) is 7.11 Å². The zero-order chi connectivity index (χ0) is 16.7. The van der Waals surface area contributed by atoms with Crippen molar-refractivity contribution in [3.63, 3.8) is 0 Å². The Hall–Kier alpha value is -1.02. The van der Waals surface area contributed by atoms with Gasteiger partial charge in [0.05, 0.1) is 12.3 Å². The molecule has 1 aliphatic rings. The second kappa shape index (κ2) is 7.07. The molecular formula is C21H26IrNO-. The summed E-state index contributed by atoms with van der Waals surface area (Å²) in [5.74, 6) is 0. The van der Waals surface area contributed by atoms with Crippen molar-refractivity contribution in [1.29, 1.82) is 0 Å². The molecule has 0 saturated carbocycles. The van der Waals surface area contributed by atoms with Crippen molar-refractivity contribution in [1.82, 2.24) is 4.98 Å². The van der Waals surface area contributed by atoms with Crippen LogP contribution in [-0.4, -0.2) is 12.1 Å². The fourth-order valence-electron chi connectivity index (χ4n) is 3.51. The number of ether oxygens (including phenoxy) is 1. The molecule has 0 atom stereocenters. The number of rotatable bonds is 3. The van der Waals surface area contributed by atoms with E-state index in [4.69, 9.17) is 9.72 Å². The molecule has 1 aromatic heterocycles. The van der Waals surface area contributed by atoms with Gasteiger partial charge < -0.3 is 4.74 Å². The van der Waals surface area contributed by atoms with Crippen LogP contribution in [0, 0.1) is 6.07 Å². The van der Waals surface area contributed by atoms with Crippen molar-refractivity contribution in [3.05, 3.63) is 53.2 Å². The first-order valence-corrected chi connectivity index (χ1v) is 8.35. The Kier molecular flexibility index (Phi) is 5.69. The van der Waals surface area contributed by atoms with E-state index in [0.717, 1.165) is 17.0 Å². The first-order valence-electron chi connectivity index (χ1n) is 8.35. The zero-order valence-electron chi connectivity index (χ0n) is 15.2. The molecule has 0 N–H and O–H groups in total. The van der Waals surface area contributed by atoms with Crippen LogP contribution >= 0.6 is 0 Å². The number of methoxy groups -OCH3 is 1. The zero-order valence-corrected chi connectivity index (χ0v) is 17.6. The number of hydrogen-bond acceptors (Lipinski definition) is 2. The SMILES string of the molecule is COCc1cccc(-c2[c-]cc3c(c2)C(C)(C)CCC3(C)C)n1.[Ir]. The molecule has 1 aliphatic carbocycles. The van der Waals surface area contributed by atoms with Gasteiger partial charge in [-0.3, -0.25) is 4.98 Å². The van der Waals surface area contributed by atoms with Gasteiger partial charge >= 0.3 is 0 Å². The van der Waals surface area contributed by atoms with Crippen molar-refractivity contribution in [3.8, 4) is 11.3 Å². The third-order valence-corrected chi connectivity index (χ3v) is 5.16. The molecule has 0 spiro atoms. The number of hydrogen-bond donors (Lipinski definition) is 0. The maximum absolute atomic E-state index is 5.20. The smallest absolute Gasteiger partial charge is 0.0874 e. The molecule has 0 amide bonds. The Labute approximate surface area is 159 Å². The van der Waals surface area contributed by atoms with Gasteiger partial charge in [0, 0.05) is 27.2 Å². The molecule has 131 valence electrons. The first kappa shape index (κ1) is 19.3. The molecule has 0 unspecified atom stereocenters. The molecule has 0 bridgehead atoms. The van der Waals surface area contributed by atoms with Crippen molar-refractivity contribution >= 4 is 0 Å². The van der Waals surface area contributed by atoms with Gasteiger partial charge in [0.15, 0.2) is 0 Å². The van der Waals surface area contributed by atoms with Gasteiger partial charge in [0.2, 0.25) is 0 Å². The summed E-state index contributed by atoms with van der Waals surface area (Å²) in [6.45, 7) is 9.91. The number of benzene rings is 1. The third kappa shape index (κ3) is 3.64. The standard InChI is InChI=1S/C21H26NO.Ir/c1-20(2)11-12-21(3,4)18-13-15(9-10-17(18)20)19-8-6-7-16(22-19)14-23-5;/h6-8,10,13H,11-12,14H2,1-5H3;/q-1;. The van der Waals surface area contributed by atoms with E-state index in [-0.39, 0.29) is 30.9 Å². The van der Waals surface area contributed by atoms with E-state index in [1.165, 1.54) is 24.0 Å². The summed E-state index contributed by atoms with van der Waals surface area (Å²) in [5.41, 5.74) is 6.32. The summed E-state index contributed by atoms with van der Waals surface area (Å²) >= 11 is 0. The van der Waals surface area contributed by atoms with Gasteiger partial charge in [-0.05, 0) is 29.0 Å². The molecule has 0 saturated heterocycles. The van der Waals surface area contributed by atoms with Crippen molar-refractivity contribution in [2.75, 3.05) is 7.11 Å². The van der Waals surface area contributed by atoms with Crippen LogP contribution < -0.4 is 0 Å². The van der Waals surface area contributed by atoms with Gasteiger partial charge in [-0.25, -0.2) is 0 Å². The molecule has 24 heavy (non-hydrogen) atoms. The predicted octanol–water partition coefficient (Wildman–Crippen LogP) is 5.04. The average molecular weight is 501 g/mol. The number of fused-ring (bicyclic) bond motifs is 1. The Morgan fingerprint density at radius 2 is 1.75 bits per heavy atom. The fourth-order valence-corrected chi connectivity index (χ4v) is 3.51. The van der Waals surface area contributed by atoms with Crippen molar-refractivity contribution in [2.24, 2.45) is 0 Å². The van der Waals surface area contributed by atoms with Gasteiger partial charge in [0.1, 0.15) is 0 Å². The van der Waals surface area contributed by atoms with E-state index in [9.17, 15) is 0 Å². The fraction of sp³-hybridized carbons (Fsp3) is 0.476. The van der Waals surface area contributed by atoms with Gasteiger partial charge in [0.25, 0.3) is 0 Å². The van der Waals surface area contributed by atoms with Gasteiger partial charge in [-0.15, -0.1) is 34.9 Å². The van der Waals surface area contributed by atoms with E-state index in [1.807, 2.05) is 12.1 Å². The summed E-state index contributed by atoms with van der Waals surface area (Å²) < 4.78 is 5.20. The minimum Gasteiger partial charge on any atom is -0.378 e. The van der Waals surface area contributed by atoms with Crippen LogP contribution in [0.2, 0.25) is 0 Å². The maximum atomic E-state index is 5.20. The Morgan fingerprint density at radius 3 is 2.42 bits per heavy atom. The number of aromatic nitrogens is 1. The summed E-state index contributed by atoms with van der Waals surface area (Å²) in [6, 6.07) is 14.1. The van der Waals surface area contributed by atoms with E-state index in [0.29, 0.717) is 6.61 Å². The predicted molar refractivity (Wildman–Crippen MR) is 94.5 cm³/mol. The minimum absolute atomic E-state index is 0. The molecule has 2 nitrogen and oxygen atoms in total. The monoisotopic (exact) mass is 501 g/mol. The molecule has 2 aromatic rings. The third-order valence-electron chi connectivity index (χ3n) is 5.16. The van der Waals surface area contributed by atoms with Crippen LogP contribution in [0.4, 0.5) is 0 Å². The minimum atomic E-state index is 0. The Balaban J connectivity index is 0.00000208. The summed E-state index contributed by atoms with van der Waals surface area (Å²) in [4.78, 5) is 4.71.